The van der Waals surface area contributed by atoms with Gasteiger partial charge in [-0.05, 0) is 22.4 Å². The first-order chi connectivity index (χ1) is 8.81. The minimum atomic E-state index is -0.235. The van der Waals surface area contributed by atoms with Gasteiger partial charge in [-0.1, -0.05) is 48.5 Å². The fourth-order valence-electron chi connectivity index (χ4n) is 2.72. The summed E-state index contributed by atoms with van der Waals surface area (Å²) in [4.78, 5) is 12.0. The third kappa shape index (κ3) is 1.66. The first-order valence-corrected chi connectivity index (χ1v) is 6.12. The van der Waals surface area contributed by atoms with E-state index in [0.29, 0.717) is 0 Å². The van der Waals surface area contributed by atoms with Crippen molar-refractivity contribution in [3.8, 4) is 0 Å². The first-order valence-electron chi connectivity index (χ1n) is 6.12. The lowest BCUT2D eigenvalue weighted by atomic mass is 9.85. The number of carbonyl (C=O) groups excluding carboxylic acids is 1. The summed E-state index contributed by atoms with van der Waals surface area (Å²) in [7, 11) is 0. The van der Waals surface area contributed by atoms with Crippen LogP contribution >= 0.6 is 0 Å². The quantitative estimate of drug-likeness (QED) is 0.873. The molecule has 2 aromatic rings. The number of benzene rings is 2. The van der Waals surface area contributed by atoms with Gasteiger partial charge in [0, 0.05) is 5.92 Å². The highest BCUT2D eigenvalue weighted by Gasteiger charge is 2.31. The van der Waals surface area contributed by atoms with Gasteiger partial charge < -0.3 is 5.11 Å². The van der Waals surface area contributed by atoms with Crippen molar-refractivity contribution in [1.29, 1.82) is 0 Å². The van der Waals surface area contributed by atoms with Crippen molar-refractivity contribution in [2.45, 2.75) is 5.92 Å². The molecular formula is C16H14O2. The molecule has 0 fully saturated rings. The molecule has 0 saturated heterocycles. The summed E-state index contributed by atoms with van der Waals surface area (Å²) in [6, 6.07) is 14.0. The Kier molecular flexibility index (Phi) is 2.73. The number of allylic oxidation sites excluding steroid dienone is 1. The van der Waals surface area contributed by atoms with E-state index in [9.17, 15) is 9.90 Å². The Bertz CT molecular complexity index is 623. The Morgan fingerprint density at radius 1 is 1.06 bits per heavy atom. The van der Waals surface area contributed by atoms with Crippen LogP contribution in [0.25, 0.3) is 10.8 Å². The molecule has 0 spiro atoms. The first kappa shape index (κ1) is 11.2. The maximum absolute atomic E-state index is 12.0. The van der Waals surface area contributed by atoms with E-state index in [1.54, 1.807) is 6.08 Å². The van der Waals surface area contributed by atoms with Gasteiger partial charge in [-0.3, -0.25) is 4.79 Å². The van der Waals surface area contributed by atoms with E-state index < -0.39 is 0 Å². The molecule has 2 atom stereocenters. The van der Waals surface area contributed by atoms with Crippen LogP contribution in [0.5, 0.6) is 0 Å². The predicted octanol–water partition coefficient (Wildman–Crippen LogP) is 2.67. The SMILES string of the molecule is O=C1C=CC(CO)C1c1cccc2ccccc12. The second kappa shape index (κ2) is 4.39. The van der Waals surface area contributed by atoms with Gasteiger partial charge in [-0.25, -0.2) is 0 Å². The number of hydrogen-bond acceptors (Lipinski definition) is 2. The van der Waals surface area contributed by atoms with Gasteiger partial charge in [-0.2, -0.15) is 0 Å². The van der Waals surface area contributed by atoms with Gasteiger partial charge in [0.15, 0.2) is 5.78 Å². The lowest BCUT2D eigenvalue weighted by molar-refractivity contribution is -0.116. The lowest BCUT2D eigenvalue weighted by Crippen LogP contribution is -2.17. The number of ketones is 1. The summed E-state index contributed by atoms with van der Waals surface area (Å²) in [5, 5.41) is 11.6. The standard InChI is InChI=1S/C16H14O2/c17-10-12-8-9-15(18)16(12)14-7-3-5-11-4-1-2-6-13(11)14/h1-9,12,16-17H,10H2. The van der Waals surface area contributed by atoms with Gasteiger partial charge in [0.25, 0.3) is 0 Å². The van der Waals surface area contributed by atoms with Crippen LogP contribution in [0.3, 0.4) is 0 Å². The normalized spacial score (nSPS) is 22.8. The van der Waals surface area contributed by atoms with Gasteiger partial charge >= 0.3 is 0 Å². The summed E-state index contributed by atoms with van der Waals surface area (Å²) in [5.74, 6) is -0.241. The molecule has 2 unspecified atom stereocenters. The minimum Gasteiger partial charge on any atom is -0.396 e. The van der Waals surface area contributed by atoms with Crippen molar-refractivity contribution in [1.82, 2.24) is 0 Å². The van der Waals surface area contributed by atoms with E-state index in [4.69, 9.17) is 0 Å². The van der Waals surface area contributed by atoms with Crippen molar-refractivity contribution in [2.24, 2.45) is 5.92 Å². The average molecular weight is 238 g/mol. The third-order valence-corrected chi connectivity index (χ3v) is 3.61. The largest absolute Gasteiger partial charge is 0.396 e. The maximum Gasteiger partial charge on any atom is 0.163 e. The molecule has 0 amide bonds. The molecule has 90 valence electrons. The molecule has 2 aromatic carbocycles. The van der Waals surface area contributed by atoms with Crippen LogP contribution in [-0.2, 0) is 4.79 Å². The third-order valence-electron chi connectivity index (χ3n) is 3.61. The van der Waals surface area contributed by atoms with E-state index in [-0.39, 0.29) is 24.2 Å². The molecule has 18 heavy (non-hydrogen) atoms. The monoisotopic (exact) mass is 238 g/mol. The molecule has 1 aliphatic rings. The molecule has 0 bridgehead atoms. The fraction of sp³-hybridized carbons (Fsp3) is 0.188. The second-order valence-electron chi connectivity index (χ2n) is 4.65. The van der Waals surface area contributed by atoms with Gasteiger partial charge in [-0.15, -0.1) is 0 Å². The number of hydrogen-bond donors (Lipinski definition) is 1. The van der Waals surface area contributed by atoms with Crippen LogP contribution in [0.15, 0.2) is 54.6 Å². The Hall–Kier alpha value is -1.93. The zero-order valence-corrected chi connectivity index (χ0v) is 9.91. The highest BCUT2D eigenvalue weighted by molar-refractivity contribution is 6.01. The molecule has 0 saturated carbocycles. The van der Waals surface area contributed by atoms with Gasteiger partial charge in [0.1, 0.15) is 0 Å². The molecule has 0 aliphatic heterocycles. The number of aliphatic hydroxyl groups is 1. The van der Waals surface area contributed by atoms with E-state index >= 15 is 0 Å². The predicted molar refractivity (Wildman–Crippen MR) is 71.4 cm³/mol. The molecule has 0 radical (unpaired) electrons. The summed E-state index contributed by atoms with van der Waals surface area (Å²) < 4.78 is 0. The van der Waals surface area contributed by atoms with Crippen molar-refractivity contribution in [3.63, 3.8) is 0 Å². The molecule has 1 aliphatic carbocycles. The highest BCUT2D eigenvalue weighted by Crippen LogP contribution is 2.35. The average Bonchev–Trinajstić information content (AvgIpc) is 2.79. The summed E-state index contributed by atoms with van der Waals surface area (Å²) >= 11 is 0. The fourth-order valence-corrected chi connectivity index (χ4v) is 2.72. The molecular weight excluding hydrogens is 224 g/mol. The Morgan fingerprint density at radius 2 is 1.83 bits per heavy atom. The van der Waals surface area contributed by atoms with Crippen LogP contribution in [0.1, 0.15) is 11.5 Å². The smallest absolute Gasteiger partial charge is 0.163 e. The topological polar surface area (TPSA) is 37.3 Å². The molecule has 0 aromatic heterocycles. The number of fused-ring (bicyclic) bond motifs is 1. The molecule has 0 heterocycles. The summed E-state index contributed by atoms with van der Waals surface area (Å²) in [6.07, 6.45) is 3.40. The Labute approximate surface area is 106 Å². The van der Waals surface area contributed by atoms with E-state index in [1.807, 2.05) is 48.5 Å². The van der Waals surface area contributed by atoms with E-state index in [2.05, 4.69) is 0 Å². The molecule has 2 heteroatoms. The zero-order chi connectivity index (χ0) is 12.5. The van der Waals surface area contributed by atoms with Gasteiger partial charge in [0.05, 0.1) is 12.5 Å². The van der Waals surface area contributed by atoms with Crippen LogP contribution < -0.4 is 0 Å². The lowest BCUT2D eigenvalue weighted by Gasteiger charge is -2.18. The molecule has 1 N–H and O–H groups in total. The van der Waals surface area contributed by atoms with Crippen LogP contribution in [-0.4, -0.2) is 17.5 Å². The minimum absolute atomic E-state index is 0.0100. The number of rotatable bonds is 2. The van der Waals surface area contributed by atoms with Crippen LogP contribution in [0.2, 0.25) is 0 Å². The molecule has 2 nitrogen and oxygen atoms in total. The molecule has 3 rings (SSSR count). The van der Waals surface area contributed by atoms with E-state index in [1.165, 1.54) is 0 Å². The number of carbonyl (C=O) groups is 1. The van der Waals surface area contributed by atoms with Crippen molar-refractivity contribution >= 4 is 16.6 Å². The second-order valence-corrected chi connectivity index (χ2v) is 4.65. The Morgan fingerprint density at radius 3 is 2.67 bits per heavy atom. The number of aliphatic hydroxyl groups excluding tert-OH is 1. The summed E-state index contributed by atoms with van der Waals surface area (Å²) in [5.41, 5.74) is 1.02. The van der Waals surface area contributed by atoms with Crippen molar-refractivity contribution in [3.05, 3.63) is 60.2 Å². The van der Waals surface area contributed by atoms with Crippen LogP contribution in [0, 0.1) is 5.92 Å². The maximum atomic E-state index is 12.0. The zero-order valence-electron chi connectivity index (χ0n) is 9.91. The van der Waals surface area contributed by atoms with Crippen molar-refractivity contribution in [2.75, 3.05) is 6.61 Å². The Balaban J connectivity index is 2.17. The van der Waals surface area contributed by atoms with Crippen molar-refractivity contribution < 1.29 is 9.90 Å². The van der Waals surface area contributed by atoms with Gasteiger partial charge in [0.2, 0.25) is 0 Å². The van der Waals surface area contributed by atoms with E-state index in [0.717, 1.165) is 16.3 Å². The summed E-state index contributed by atoms with van der Waals surface area (Å²) in [6.45, 7) is 0.0100. The van der Waals surface area contributed by atoms with Crippen LogP contribution in [0.4, 0.5) is 0 Å². The highest BCUT2D eigenvalue weighted by atomic mass is 16.3.